The first-order valence-corrected chi connectivity index (χ1v) is 5.57. The van der Waals surface area contributed by atoms with Crippen LogP contribution in [0.3, 0.4) is 0 Å². The Balaban J connectivity index is 2.57. The van der Waals surface area contributed by atoms with Crippen LogP contribution in [0.5, 0.6) is 11.5 Å². The van der Waals surface area contributed by atoms with Crippen molar-refractivity contribution in [2.24, 2.45) is 0 Å². The topological polar surface area (TPSA) is 18.5 Å². The maximum Gasteiger partial charge on any atom is 0.119 e. The lowest BCUT2D eigenvalue weighted by Gasteiger charge is -2.09. The summed E-state index contributed by atoms with van der Waals surface area (Å²) in [7, 11) is 3.28. The molecule has 2 aromatic rings. The predicted octanol–water partition coefficient (Wildman–Crippen LogP) is 3.35. The van der Waals surface area contributed by atoms with E-state index in [1.165, 1.54) is 0 Å². The van der Waals surface area contributed by atoms with E-state index in [0.29, 0.717) is 0 Å². The number of terminal acetylenes is 1. The van der Waals surface area contributed by atoms with Gasteiger partial charge in [0.05, 0.1) is 14.2 Å². The summed E-state index contributed by atoms with van der Waals surface area (Å²) in [4.78, 5) is 0. The van der Waals surface area contributed by atoms with Crippen molar-refractivity contribution in [3.05, 3.63) is 48.0 Å². The summed E-state index contributed by atoms with van der Waals surface area (Å²) < 4.78 is 10.5. The Morgan fingerprint density at radius 3 is 2.33 bits per heavy atom. The van der Waals surface area contributed by atoms with E-state index in [1.807, 2.05) is 42.5 Å². The molecule has 0 fully saturated rings. The fourth-order valence-corrected chi connectivity index (χ4v) is 1.81. The molecule has 2 heteroatoms. The average Bonchev–Trinajstić information content (AvgIpc) is 2.46. The van der Waals surface area contributed by atoms with Crippen molar-refractivity contribution in [1.82, 2.24) is 0 Å². The van der Waals surface area contributed by atoms with Crippen LogP contribution in [0.15, 0.2) is 42.5 Å². The molecule has 18 heavy (non-hydrogen) atoms. The predicted molar refractivity (Wildman–Crippen MR) is 72.9 cm³/mol. The van der Waals surface area contributed by atoms with Crippen LogP contribution in [0, 0.1) is 12.3 Å². The summed E-state index contributed by atoms with van der Waals surface area (Å²) in [5.74, 6) is 4.27. The first kappa shape index (κ1) is 12.1. The van der Waals surface area contributed by atoms with E-state index in [0.717, 1.165) is 28.2 Å². The molecule has 0 unspecified atom stereocenters. The molecule has 0 radical (unpaired) electrons. The summed E-state index contributed by atoms with van der Waals surface area (Å²) in [6.07, 6.45) is 5.53. The minimum atomic E-state index is 0.784. The molecule has 0 saturated heterocycles. The molecule has 0 bridgehead atoms. The summed E-state index contributed by atoms with van der Waals surface area (Å²) in [6, 6.07) is 13.5. The molecule has 0 N–H and O–H groups in total. The molecule has 2 rings (SSSR count). The van der Waals surface area contributed by atoms with Crippen LogP contribution in [0.4, 0.5) is 0 Å². The highest BCUT2D eigenvalue weighted by Crippen LogP contribution is 2.29. The third-order valence-electron chi connectivity index (χ3n) is 2.76. The fourth-order valence-electron chi connectivity index (χ4n) is 1.81. The SMILES string of the molecule is C#Cc1ccc(OC)cc1-c1cccc(OC)c1. The molecular weight excluding hydrogens is 224 g/mol. The van der Waals surface area contributed by atoms with Gasteiger partial charge in [-0.2, -0.15) is 0 Å². The quantitative estimate of drug-likeness (QED) is 0.763. The number of benzene rings is 2. The van der Waals surface area contributed by atoms with Gasteiger partial charge in [0, 0.05) is 11.1 Å². The van der Waals surface area contributed by atoms with E-state index in [9.17, 15) is 0 Å². The zero-order chi connectivity index (χ0) is 13.0. The van der Waals surface area contributed by atoms with Crippen LogP contribution in [0.25, 0.3) is 11.1 Å². The minimum Gasteiger partial charge on any atom is -0.497 e. The van der Waals surface area contributed by atoms with E-state index < -0.39 is 0 Å². The minimum absolute atomic E-state index is 0.784. The van der Waals surface area contributed by atoms with Gasteiger partial charge in [-0.15, -0.1) is 6.42 Å². The smallest absolute Gasteiger partial charge is 0.119 e. The molecule has 0 aromatic heterocycles. The number of hydrogen-bond donors (Lipinski definition) is 0. The Morgan fingerprint density at radius 2 is 1.67 bits per heavy atom. The van der Waals surface area contributed by atoms with Gasteiger partial charge in [0.2, 0.25) is 0 Å². The van der Waals surface area contributed by atoms with E-state index in [4.69, 9.17) is 15.9 Å². The lowest BCUT2D eigenvalue weighted by Crippen LogP contribution is -1.89. The lowest BCUT2D eigenvalue weighted by atomic mass is 9.99. The Morgan fingerprint density at radius 1 is 0.944 bits per heavy atom. The van der Waals surface area contributed by atoms with Crippen molar-refractivity contribution in [3.63, 3.8) is 0 Å². The summed E-state index contributed by atoms with van der Waals surface area (Å²) in [5, 5.41) is 0. The van der Waals surface area contributed by atoms with Crippen molar-refractivity contribution in [1.29, 1.82) is 0 Å². The van der Waals surface area contributed by atoms with Crippen LogP contribution in [0.2, 0.25) is 0 Å². The van der Waals surface area contributed by atoms with Gasteiger partial charge in [-0.1, -0.05) is 18.1 Å². The standard InChI is InChI=1S/C16H14O2/c1-4-12-8-9-15(18-3)11-16(12)13-6-5-7-14(10-13)17-2/h1,5-11H,2-3H3. The Kier molecular flexibility index (Phi) is 3.54. The van der Waals surface area contributed by atoms with Gasteiger partial charge in [-0.25, -0.2) is 0 Å². The van der Waals surface area contributed by atoms with Crippen molar-refractivity contribution in [2.45, 2.75) is 0 Å². The van der Waals surface area contributed by atoms with Crippen LogP contribution in [0.1, 0.15) is 5.56 Å². The van der Waals surface area contributed by atoms with Gasteiger partial charge in [0.25, 0.3) is 0 Å². The maximum absolute atomic E-state index is 5.53. The van der Waals surface area contributed by atoms with Gasteiger partial charge in [-0.3, -0.25) is 0 Å². The highest BCUT2D eigenvalue weighted by molar-refractivity contribution is 5.73. The van der Waals surface area contributed by atoms with Crippen LogP contribution >= 0.6 is 0 Å². The molecule has 0 saturated carbocycles. The van der Waals surface area contributed by atoms with Gasteiger partial charge in [-0.05, 0) is 35.9 Å². The van der Waals surface area contributed by atoms with Crippen molar-refractivity contribution >= 4 is 0 Å². The van der Waals surface area contributed by atoms with E-state index in [2.05, 4.69) is 5.92 Å². The Bertz CT molecular complexity index is 594. The zero-order valence-corrected chi connectivity index (χ0v) is 10.4. The van der Waals surface area contributed by atoms with Crippen LogP contribution in [-0.4, -0.2) is 14.2 Å². The van der Waals surface area contributed by atoms with Gasteiger partial charge in [0.1, 0.15) is 11.5 Å². The molecule has 0 heterocycles. The normalized spacial score (nSPS) is 9.61. The maximum atomic E-state index is 5.53. The second kappa shape index (κ2) is 5.29. The van der Waals surface area contributed by atoms with Gasteiger partial charge < -0.3 is 9.47 Å². The molecule has 0 atom stereocenters. The van der Waals surface area contributed by atoms with Crippen molar-refractivity contribution in [2.75, 3.05) is 14.2 Å². The molecule has 0 amide bonds. The molecule has 0 aliphatic rings. The van der Waals surface area contributed by atoms with Crippen LogP contribution < -0.4 is 9.47 Å². The zero-order valence-electron chi connectivity index (χ0n) is 10.4. The Labute approximate surface area is 107 Å². The third kappa shape index (κ3) is 2.31. The lowest BCUT2D eigenvalue weighted by molar-refractivity contribution is 0.414. The number of methoxy groups -OCH3 is 2. The first-order valence-electron chi connectivity index (χ1n) is 5.57. The molecule has 90 valence electrons. The highest BCUT2D eigenvalue weighted by atomic mass is 16.5. The van der Waals surface area contributed by atoms with E-state index in [1.54, 1.807) is 14.2 Å². The van der Waals surface area contributed by atoms with Crippen molar-refractivity contribution in [3.8, 4) is 35.0 Å². The second-order valence-electron chi connectivity index (χ2n) is 3.79. The monoisotopic (exact) mass is 238 g/mol. The van der Waals surface area contributed by atoms with Crippen molar-refractivity contribution < 1.29 is 9.47 Å². The summed E-state index contributed by atoms with van der Waals surface area (Å²) >= 11 is 0. The first-order chi connectivity index (χ1) is 8.78. The molecule has 0 aliphatic heterocycles. The Hall–Kier alpha value is -2.40. The van der Waals surface area contributed by atoms with Gasteiger partial charge >= 0.3 is 0 Å². The number of rotatable bonds is 3. The molecule has 0 spiro atoms. The number of ether oxygens (including phenoxy) is 2. The molecule has 2 nitrogen and oxygen atoms in total. The fraction of sp³-hybridized carbons (Fsp3) is 0.125. The van der Waals surface area contributed by atoms with Crippen LogP contribution in [-0.2, 0) is 0 Å². The van der Waals surface area contributed by atoms with E-state index in [-0.39, 0.29) is 0 Å². The van der Waals surface area contributed by atoms with Gasteiger partial charge in [0.15, 0.2) is 0 Å². The molecule has 2 aromatic carbocycles. The highest BCUT2D eigenvalue weighted by Gasteiger charge is 2.06. The molecule has 0 aliphatic carbocycles. The second-order valence-corrected chi connectivity index (χ2v) is 3.79. The number of hydrogen-bond acceptors (Lipinski definition) is 2. The average molecular weight is 238 g/mol. The summed E-state index contributed by atoms with van der Waals surface area (Å²) in [5.41, 5.74) is 2.82. The van der Waals surface area contributed by atoms with E-state index >= 15 is 0 Å². The largest absolute Gasteiger partial charge is 0.497 e. The third-order valence-corrected chi connectivity index (χ3v) is 2.76. The summed E-state index contributed by atoms with van der Waals surface area (Å²) in [6.45, 7) is 0. The molecular formula is C16H14O2.